The van der Waals surface area contributed by atoms with Gasteiger partial charge in [0, 0.05) is 55.1 Å². The van der Waals surface area contributed by atoms with Crippen LogP contribution < -0.4 is 4.90 Å². The number of carbonyl (C=O) groups excluding carboxylic acids is 1. The number of hydrogen-bond donors (Lipinski definition) is 0. The SMILES string of the molecule is O=C1CC[C@H]2CN(c3ccncc3)CC[C@H]2N1CCc1cccs1. The lowest BCUT2D eigenvalue weighted by molar-refractivity contribution is -0.139. The Morgan fingerprint density at radius 3 is 2.88 bits per heavy atom. The molecule has 126 valence electrons. The van der Waals surface area contributed by atoms with Crippen LogP contribution in [-0.4, -0.2) is 41.5 Å². The van der Waals surface area contributed by atoms with Gasteiger partial charge in [-0.2, -0.15) is 0 Å². The molecule has 2 saturated heterocycles. The predicted octanol–water partition coefficient (Wildman–Crippen LogP) is 3.20. The summed E-state index contributed by atoms with van der Waals surface area (Å²) in [5, 5.41) is 2.11. The first-order valence-corrected chi connectivity index (χ1v) is 9.66. The lowest BCUT2D eigenvalue weighted by atomic mass is 9.83. The van der Waals surface area contributed by atoms with Crippen LogP contribution in [0.4, 0.5) is 5.69 Å². The minimum Gasteiger partial charge on any atom is -0.371 e. The standard InChI is InChI=1S/C19H23N3OS/c23-19-4-3-15-14-21(16-5-9-20-10-6-16)11-8-18(15)22(19)12-7-17-2-1-13-24-17/h1-2,5-6,9-10,13,15,18H,3-4,7-8,11-12,14H2/t15-,18+/m0/s1. The minimum absolute atomic E-state index is 0.352. The molecule has 24 heavy (non-hydrogen) atoms. The van der Waals surface area contributed by atoms with E-state index in [9.17, 15) is 4.79 Å². The Hall–Kier alpha value is -1.88. The van der Waals surface area contributed by atoms with Crippen LogP contribution in [0.15, 0.2) is 42.0 Å². The molecule has 1 amide bonds. The molecule has 2 aromatic rings. The highest BCUT2D eigenvalue weighted by Crippen LogP contribution is 2.33. The van der Waals surface area contributed by atoms with Crippen LogP contribution >= 0.6 is 11.3 Å². The molecule has 4 rings (SSSR count). The van der Waals surface area contributed by atoms with Crippen LogP contribution in [0.1, 0.15) is 24.1 Å². The molecule has 4 heterocycles. The van der Waals surface area contributed by atoms with Crippen molar-refractivity contribution >= 4 is 22.9 Å². The van der Waals surface area contributed by atoms with Gasteiger partial charge in [-0.3, -0.25) is 9.78 Å². The van der Waals surface area contributed by atoms with Crippen molar-refractivity contribution in [2.75, 3.05) is 24.5 Å². The summed E-state index contributed by atoms with van der Waals surface area (Å²) in [6, 6.07) is 8.85. The van der Waals surface area contributed by atoms with Crippen molar-refractivity contribution in [3.05, 3.63) is 46.9 Å². The summed E-state index contributed by atoms with van der Waals surface area (Å²) in [5.74, 6) is 0.943. The van der Waals surface area contributed by atoms with Crippen molar-refractivity contribution in [2.24, 2.45) is 5.92 Å². The Labute approximate surface area is 147 Å². The zero-order valence-corrected chi connectivity index (χ0v) is 14.6. The number of thiophene rings is 1. The Kier molecular flexibility index (Phi) is 4.52. The van der Waals surface area contributed by atoms with Gasteiger partial charge in [-0.05, 0) is 48.8 Å². The number of anilines is 1. The fourth-order valence-electron chi connectivity index (χ4n) is 4.12. The highest BCUT2D eigenvalue weighted by atomic mass is 32.1. The molecular formula is C19H23N3OS. The van der Waals surface area contributed by atoms with Crippen molar-refractivity contribution in [2.45, 2.75) is 31.7 Å². The number of carbonyl (C=O) groups is 1. The molecule has 2 aliphatic rings. The molecule has 2 atom stereocenters. The fraction of sp³-hybridized carbons (Fsp3) is 0.474. The molecule has 0 N–H and O–H groups in total. The molecule has 5 heteroatoms. The number of nitrogens with zero attached hydrogens (tertiary/aromatic N) is 3. The van der Waals surface area contributed by atoms with Crippen LogP contribution in [0.2, 0.25) is 0 Å². The number of pyridine rings is 1. The van der Waals surface area contributed by atoms with E-state index in [2.05, 4.69) is 44.4 Å². The highest BCUT2D eigenvalue weighted by Gasteiger charge is 2.39. The molecule has 0 bridgehead atoms. The topological polar surface area (TPSA) is 36.4 Å². The Bertz CT molecular complexity index is 673. The van der Waals surface area contributed by atoms with Gasteiger partial charge in [-0.15, -0.1) is 11.3 Å². The largest absolute Gasteiger partial charge is 0.371 e. The molecule has 0 unspecified atom stereocenters. The first kappa shape index (κ1) is 15.6. The number of rotatable bonds is 4. The van der Waals surface area contributed by atoms with E-state index < -0.39 is 0 Å². The number of aromatic nitrogens is 1. The molecular weight excluding hydrogens is 318 g/mol. The quantitative estimate of drug-likeness (QED) is 0.857. The maximum Gasteiger partial charge on any atom is 0.222 e. The zero-order valence-electron chi connectivity index (χ0n) is 13.8. The van der Waals surface area contributed by atoms with E-state index >= 15 is 0 Å². The molecule has 2 aliphatic heterocycles. The van der Waals surface area contributed by atoms with Gasteiger partial charge >= 0.3 is 0 Å². The van der Waals surface area contributed by atoms with Gasteiger partial charge in [0.05, 0.1) is 0 Å². The number of amides is 1. The average Bonchev–Trinajstić information content (AvgIpc) is 3.15. The van der Waals surface area contributed by atoms with Gasteiger partial charge in [0.1, 0.15) is 0 Å². The van der Waals surface area contributed by atoms with E-state index in [1.165, 1.54) is 10.6 Å². The van der Waals surface area contributed by atoms with Crippen LogP contribution in [0.5, 0.6) is 0 Å². The number of hydrogen-bond acceptors (Lipinski definition) is 4. The average molecular weight is 341 g/mol. The van der Waals surface area contributed by atoms with Gasteiger partial charge in [0.2, 0.25) is 5.91 Å². The lowest BCUT2D eigenvalue weighted by Gasteiger charge is -2.47. The monoisotopic (exact) mass is 341 g/mol. The summed E-state index contributed by atoms with van der Waals surface area (Å²) in [6.07, 6.45) is 7.51. The Balaban J connectivity index is 1.43. The van der Waals surface area contributed by atoms with Gasteiger partial charge in [-0.25, -0.2) is 0 Å². The van der Waals surface area contributed by atoms with Gasteiger partial charge in [0.25, 0.3) is 0 Å². The van der Waals surface area contributed by atoms with E-state index in [0.29, 0.717) is 24.3 Å². The van der Waals surface area contributed by atoms with Crippen LogP contribution in [0.25, 0.3) is 0 Å². The van der Waals surface area contributed by atoms with E-state index in [4.69, 9.17) is 0 Å². The highest BCUT2D eigenvalue weighted by molar-refractivity contribution is 7.09. The smallest absolute Gasteiger partial charge is 0.222 e. The summed E-state index contributed by atoms with van der Waals surface area (Å²) in [4.78, 5) is 22.6. The molecule has 2 aromatic heterocycles. The first-order chi connectivity index (χ1) is 11.8. The summed E-state index contributed by atoms with van der Waals surface area (Å²) >= 11 is 1.79. The second-order valence-electron chi connectivity index (χ2n) is 6.72. The van der Waals surface area contributed by atoms with Crippen molar-refractivity contribution < 1.29 is 4.79 Å². The maximum absolute atomic E-state index is 12.5. The summed E-state index contributed by atoms with van der Waals surface area (Å²) in [7, 11) is 0. The van der Waals surface area contributed by atoms with Crippen LogP contribution in [-0.2, 0) is 11.2 Å². The normalized spacial score (nSPS) is 24.1. The molecule has 0 radical (unpaired) electrons. The number of likely N-dealkylation sites (tertiary alicyclic amines) is 1. The third kappa shape index (κ3) is 3.18. The second-order valence-corrected chi connectivity index (χ2v) is 7.75. The number of fused-ring (bicyclic) bond motifs is 1. The zero-order chi connectivity index (χ0) is 16.4. The lowest BCUT2D eigenvalue weighted by Crippen LogP contribution is -2.56. The van der Waals surface area contributed by atoms with Crippen LogP contribution in [0.3, 0.4) is 0 Å². The first-order valence-electron chi connectivity index (χ1n) is 8.78. The maximum atomic E-state index is 12.5. The van der Waals surface area contributed by atoms with E-state index in [1.54, 1.807) is 11.3 Å². The molecule has 4 nitrogen and oxygen atoms in total. The van der Waals surface area contributed by atoms with E-state index in [0.717, 1.165) is 38.9 Å². The molecule has 0 spiro atoms. The fourth-order valence-corrected chi connectivity index (χ4v) is 4.81. The summed E-state index contributed by atoms with van der Waals surface area (Å²) in [5.41, 5.74) is 1.26. The third-order valence-electron chi connectivity index (χ3n) is 5.35. The second kappa shape index (κ2) is 6.93. The van der Waals surface area contributed by atoms with Gasteiger partial charge in [-0.1, -0.05) is 6.07 Å². The Morgan fingerprint density at radius 1 is 1.21 bits per heavy atom. The minimum atomic E-state index is 0.352. The third-order valence-corrected chi connectivity index (χ3v) is 6.29. The summed E-state index contributed by atoms with van der Waals surface area (Å²) < 4.78 is 0. The van der Waals surface area contributed by atoms with Crippen molar-refractivity contribution in [3.8, 4) is 0 Å². The van der Waals surface area contributed by atoms with Crippen LogP contribution in [0, 0.1) is 5.92 Å². The predicted molar refractivity (Wildman–Crippen MR) is 97.3 cm³/mol. The van der Waals surface area contributed by atoms with E-state index in [-0.39, 0.29) is 0 Å². The van der Waals surface area contributed by atoms with Crippen molar-refractivity contribution in [3.63, 3.8) is 0 Å². The summed E-state index contributed by atoms with van der Waals surface area (Å²) in [6.45, 7) is 2.95. The number of piperidine rings is 2. The van der Waals surface area contributed by atoms with E-state index in [1.807, 2.05) is 12.4 Å². The van der Waals surface area contributed by atoms with Crippen molar-refractivity contribution in [1.29, 1.82) is 0 Å². The van der Waals surface area contributed by atoms with Gasteiger partial charge < -0.3 is 9.80 Å². The molecule has 0 aromatic carbocycles. The molecule has 0 aliphatic carbocycles. The van der Waals surface area contributed by atoms with Gasteiger partial charge in [0.15, 0.2) is 0 Å². The Morgan fingerprint density at radius 2 is 2.08 bits per heavy atom. The molecule has 2 fully saturated rings. The van der Waals surface area contributed by atoms with Crippen molar-refractivity contribution in [1.82, 2.24) is 9.88 Å². The molecule has 0 saturated carbocycles.